The number of primary amides is 1. The topological polar surface area (TPSA) is 89.1 Å². The van der Waals surface area contributed by atoms with Crippen molar-refractivity contribution in [3.63, 3.8) is 0 Å². The van der Waals surface area contributed by atoms with E-state index in [9.17, 15) is 4.79 Å². The van der Waals surface area contributed by atoms with Gasteiger partial charge in [0.05, 0.1) is 11.4 Å². The molecule has 0 radical (unpaired) electrons. The molecule has 0 aliphatic rings. The first-order chi connectivity index (χ1) is 13.5. The van der Waals surface area contributed by atoms with Crippen LogP contribution in [0.15, 0.2) is 42.0 Å². The smallest absolute Gasteiger partial charge is 0.233 e. The van der Waals surface area contributed by atoms with Gasteiger partial charge in [-0.25, -0.2) is 9.97 Å². The standard InChI is InChI=1S/C20H17N5OS2/c1-10-7-25-8-14(24-20(25)28-10)17(18(21)26)19-23-15(9-27-19)16-11(2)22-13-6-4-3-5-12(13)16/h3-9,17,22H,1-2H3,(H2,21,26). The molecule has 4 heterocycles. The summed E-state index contributed by atoms with van der Waals surface area (Å²) in [6.07, 6.45) is 3.86. The zero-order valence-electron chi connectivity index (χ0n) is 15.3. The summed E-state index contributed by atoms with van der Waals surface area (Å²) in [6, 6.07) is 8.14. The molecule has 0 spiro atoms. The molecule has 3 N–H and O–H groups in total. The summed E-state index contributed by atoms with van der Waals surface area (Å²) in [7, 11) is 0. The number of benzene rings is 1. The van der Waals surface area contributed by atoms with Crippen LogP contribution in [0.3, 0.4) is 0 Å². The van der Waals surface area contributed by atoms with Crippen molar-refractivity contribution >= 4 is 44.4 Å². The fourth-order valence-electron chi connectivity index (χ4n) is 3.60. The lowest BCUT2D eigenvalue weighted by atomic mass is 10.1. The Hall–Kier alpha value is -2.97. The molecule has 0 fully saturated rings. The molecule has 5 rings (SSSR count). The maximum atomic E-state index is 12.3. The number of aromatic amines is 1. The Morgan fingerprint density at radius 1 is 1.21 bits per heavy atom. The molecular formula is C20H17N5OS2. The van der Waals surface area contributed by atoms with Crippen molar-refractivity contribution in [2.24, 2.45) is 5.73 Å². The minimum absolute atomic E-state index is 0.445. The van der Waals surface area contributed by atoms with Gasteiger partial charge in [0.25, 0.3) is 0 Å². The Kier molecular flexibility index (Phi) is 3.85. The number of nitrogens with two attached hydrogens (primary N) is 1. The number of carbonyl (C=O) groups excluding carboxylic acids is 1. The first kappa shape index (κ1) is 17.2. The fourth-order valence-corrected chi connectivity index (χ4v) is 5.35. The van der Waals surface area contributed by atoms with E-state index in [1.807, 2.05) is 54.2 Å². The number of hydrogen-bond acceptors (Lipinski definition) is 5. The van der Waals surface area contributed by atoms with Gasteiger partial charge in [-0.1, -0.05) is 18.2 Å². The van der Waals surface area contributed by atoms with Gasteiger partial charge in [0.2, 0.25) is 5.91 Å². The number of H-pyrrole nitrogens is 1. The zero-order valence-corrected chi connectivity index (χ0v) is 16.9. The van der Waals surface area contributed by atoms with Crippen molar-refractivity contribution in [2.75, 3.05) is 0 Å². The zero-order chi connectivity index (χ0) is 19.4. The third-order valence-electron chi connectivity index (χ3n) is 4.79. The summed E-state index contributed by atoms with van der Waals surface area (Å²) in [5, 5.41) is 3.76. The average molecular weight is 408 g/mol. The lowest BCUT2D eigenvalue weighted by Gasteiger charge is -2.06. The van der Waals surface area contributed by atoms with Crippen LogP contribution in [0.1, 0.15) is 27.2 Å². The molecule has 0 aliphatic heterocycles. The van der Waals surface area contributed by atoms with Crippen LogP contribution in [0.4, 0.5) is 0 Å². The van der Waals surface area contributed by atoms with Gasteiger partial charge >= 0.3 is 0 Å². The van der Waals surface area contributed by atoms with Crippen molar-refractivity contribution in [2.45, 2.75) is 19.8 Å². The molecule has 5 aromatic rings. The molecule has 0 bridgehead atoms. The monoisotopic (exact) mass is 407 g/mol. The van der Waals surface area contributed by atoms with Crippen LogP contribution in [-0.4, -0.2) is 25.3 Å². The van der Waals surface area contributed by atoms with Crippen LogP contribution in [0.5, 0.6) is 0 Å². The van der Waals surface area contributed by atoms with Crippen LogP contribution in [0, 0.1) is 13.8 Å². The Morgan fingerprint density at radius 2 is 2.04 bits per heavy atom. The maximum Gasteiger partial charge on any atom is 0.233 e. The predicted molar refractivity (Wildman–Crippen MR) is 113 cm³/mol. The molecule has 140 valence electrons. The summed E-state index contributed by atoms with van der Waals surface area (Å²) in [5.74, 6) is -1.10. The van der Waals surface area contributed by atoms with E-state index in [2.05, 4.69) is 16.0 Å². The van der Waals surface area contributed by atoms with Crippen LogP contribution >= 0.6 is 22.7 Å². The Morgan fingerprint density at radius 3 is 2.82 bits per heavy atom. The number of para-hydroxylation sites is 1. The Balaban J connectivity index is 1.60. The number of nitrogens with zero attached hydrogens (tertiary/aromatic N) is 3. The third-order valence-corrected chi connectivity index (χ3v) is 6.61. The van der Waals surface area contributed by atoms with Crippen molar-refractivity contribution < 1.29 is 4.79 Å². The van der Waals surface area contributed by atoms with Crippen molar-refractivity contribution in [1.29, 1.82) is 0 Å². The third kappa shape index (κ3) is 2.64. The first-order valence-electron chi connectivity index (χ1n) is 8.78. The van der Waals surface area contributed by atoms with E-state index >= 15 is 0 Å². The summed E-state index contributed by atoms with van der Waals surface area (Å²) < 4.78 is 1.93. The Bertz CT molecular complexity index is 1310. The second-order valence-electron chi connectivity index (χ2n) is 6.77. The van der Waals surface area contributed by atoms with Crippen LogP contribution in [-0.2, 0) is 4.79 Å². The molecule has 0 aliphatic carbocycles. The molecule has 8 heteroatoms. The van der Waals surface area contributed by atoms with Gasteiger partial charge in [0, 0.05) is 44.8 Å². The molecular weight excluding hydrogens is 390 g/mol. The number of aromatic nitrogens is 4. The predicted octanol–water partition coefficient (Wildman–Crippen LogP) is 4.23. The van der Waals surface area contributed by atoms with Crippen LogP contribution in [0.25, 0.3) is 27.1 Å². The van der Waals surface area contributed by atoms with Gasteiger partial charge in [-0.2, -0.15) is 0 Å². The highest BCUT2D eigenvalue weighted by atomic mass is 32.1. The Labute approximate surface area is 168 Å². The lowest BCUT2D eigenvalue weighted by Crippen LogP contribution is -2.22. The fraction of sp³-hybridized carbons (Fsp3) is 0.150. The molecule has 1 amide bonds. The maximum absolute atomic E-state index is 12.3. The van der Waals surface area contributed by atoms with Crippen molar-refractivity contribution in [1.82, 2.24) is 19.4 Å². The van der Waals surface area contributed by atoms with E-state index in [-0.39, 0.29) is 0 Å². The highest BCUT2D eigenvalue weighted by Crippen LogP contribution is 2.36. The van der Waals surface area contributed by atoms with Crippen LogP contribution < -0.4 is 5.73 Å². The molecule has 0 saturated carbocycles. The van der Waals surface area contributed by atoms with E-state index in [0.29, 0.717) is 10.7 Å². The second kappa shape index (κ2) is 6.29. The quantitative estimate of drug-likeness (QED) is 0.467. The average Bonchev–Trinajstić information content (AvgIpc) is 3.37. The summed E-state index contributed by atoms with van der Waals surface area (Å²) >= 11 is 3.02. The van der Waals surface area contributed by atoms with Gasteiger partial charge < -0.3 is 10.7 Å². The van der Waals surface area contributed by atoms with Gasteiger partial charge in [-0.05, 0) is 19.9 Å². The summed E-state index contributed by atoms with van der Waals surface area (Å²) in [5.41, 5.74) is 10.4. The number of carbonyl (C=O) groups is 1. The number of aryl methyl sites for hydroxylation is 2. The molecule has 0 saturated heterocycles. The summed E-state index contributed by atoms with van der Waals surface area (Å²) in [4.78, 5) is 27.1. The number of rotatable bonds is 4. The van der Waals surface area contributed by atoms with Gasteiger partial charge in [0.1, 0.15) is 10.9 Å². The van der Waals surface area contributed by atoms with Crippen LogP contribution in [0.2, 0.25) is 0 Å². The van der Waals surface area contributed by atoms with Crippen molar-refractivity contribution in [3.8, 4) is 11.3 Å². The van der Waals surface area contributed by atoms with E-state index < -0.39 is 11.8 Å². The van der Waals surface area contributed by atoms with E-state index in [1.165, 1.54) is 11.3 Å². The minimum atomic E-state index is -0.656. The molecule has 1 atom stereocenters. The lowest BCUT2D eigenvalue weighted by molar-refractivity contribution is -0.118. The van der Waals surface area contributed by atoms with E-state index in [1.54, 1.807) is 11.3 Å². The van der Waals surface area contributed by atoms with E-state index in [0.717, 1.165) is 37.7 Å². The number of hydrogen-bond donors (Lipinski definition) is 2. The van der Waals surface area contributed by atoms with Gasteiger partial charge in [-0.15, -0.1) is 22.7 Å². The number of amides is 1. The highest BCUT2D eigenvalue weighted by Gasteiger charge is 2.27. The van der Waals surface area contributed by atoms with Gasteiger partial charge in [0.15, 0.2) is 4.96 Å². The minimum Gasteiger partial charge on any atom is -0.369 e. The van der Waals surface area contributed by atoms with Gasteiger partial charge in [-0.3, -0.25) is 9.20 Å². The summed E-state index contributed by atoms with van der Waals surface area (Å²) in [6.45, 7) is 4.06. The second-order valence-corrected chi connectivity index (χ2v) is 8.88. The molecule has 6 nitrogen and oxygen atoms in total. The molecule has 1 unspecified atom stereocenters. The number of nitrogens with one attached hydrogen (secondary N) is 1. The number of fused-ring (bicyclic) bond motifs is 2. The van der Waals surface area contributed by atoms with E-state index in [4.69, 9.17) is 10.7 Å². The highest BCUT2D eigenvalue weighted by molar-refractivity contribution is 7.17. The van der Waals surface area contributed by atoms with Crippen molar-refractivity contribution in [3.05, 3.63) is 63.3 Å². The molecule has 1 aromatic carbocycles. The SMILES string of the molecule is Cc1cn2cc(C(C(N)=O)c3nc(-c4c(C)[nH]c5ccccc45)cs3)nc2s1. The largest absolute Gasteiger partial charge is 0.369 e. The molecule has 4 aromatic heterocycles. The first-order valence-corrected chi connectivity index (χ1v) is 10.5. The number of imidazole rings is 1. The molecule has 28 heavy (non-hydrogen) atoms. The number of thiazole rings is 2. The normalized spacial score (nSPS) is 12.8.